The van der Waals surface area contributed by atoms with Crippen LogP contribution in [-0.4, -0.2) is 22.4 Å². The lowest BCUT2D eigenvalue weighted by molar-refractivity contribution is -0.113. The van der Waals surface area contributed by atoms with Crippen molar-refractivity contribution in [1.29, 1.82) is 0 Å². The van der Waals surface area contributed by atoms with Crippen molar-refractivity contribution < 1.29 is 14.6 Å². The Hall–Kier alpha value is -2.57. The minimum Gasteiger partial charge on any atom is -0.504 e. The van der Waals surface area contributed by atoms with Crippen molar-refractivity contribution in [2.24, 2.45) is 0 Å². The molecule has 2 aromatic rings. The Morgan fingerprint density at radius 1 is 1.31 bits per heavy atom. The number of phenols is 1. The van der Waals surface area contributed by atoms with E-state index in [4.69, 9.17) is 17.0 Å². The van der Waals surface area contributed by atoms with Gasteiger partial charge in [-0.25, -0.2) is 0 Å². The Bertz CT molecular complexity index is 907. The lowest BCUT2D eigenvalue weighted by atomic mass is 10.1. The van der Waals surface area contributed by atoms with E-state index < -0.39 is 0 Å². The van der Waals surface area contributed by atoms with Gasteiger partial charge in [-0.15, -0.1) is 6.58 Å². The summed E-state index contributed by atoms with van der Waals surface area (Å²) in [6.07, 6.45) is 3.96. The monoisotopic (exact) mass is 383 g/mol. The molecule has 1 saturated heterocycles. The highest BCUT2D eigenvalue weighted by Crippen LogP contribution is 2.38. The molecule has 0 atom stereocenters. The topological polar surface area (TPSA) is 49.8 Å². The Morgan fingerprint density at radius 2 is 2.04 bits per heavy atom. The van der Waals surface area contributed by atoms with Crippen molar-refractivity contribution in [2.75, 3.05) is 12.0 Å². The van der Waals surface area contributed by atoms with Gasteiger partial charge in [-0.05, 0) is 42.3 Å². The van der Waals surface area contributed by atoms with E-state index in [1.807, 2.05) is 36.4 Å². The van der Waals surface area contributed by atoms with Crippen LogP contribution in [0.25, 0.3) is 6.08 Å². The number of rotatable bonds is 5. The van der Waals surface area contributed by atoms with E-state index >= 15 is 0 Å². The number of nitrogens with zero attached hydrogens (tertiary/aromatic N) is 1. The van der Waals surface area contributed by atoms with E-state index in [-0.39, 0.29) is 11.7 Å². The van der Waals surface area contributed by atoms with Crippen molar-refractivity contribution in [2.45, 2.75) is 6.42 Å². The molecule has 0 aromatic heterocycles. The molecule has 132 valence electrons. The average Bonchev–Trinajstić information content (AvgIpc) is 2.92. The van der Waals surface area contributed by atoms with Gasteiger partial charge in [-0.3, -0.25) is 9.69 Å². The third kappa shape index (κ3) is 3.52. The Morgan fingerprint density at radius 3 is 2.69 bits per heavy atom. The minimum atomic E-state index is -0.163. The molecule has 1 aliphatic heterocycles. The van der Waals surface area contributed by atoms with Crippen LogP contribution in [-0.2, 0) is 11.2 Å². The summed E-state index contributed by atoms with van der Waals surface area (Å²) in [6, 6.07) is 12.8. The second-order valence-electron chi connectivity index (χ2n) is 5.58. The van der Waals surface area contributed by atoms with Crippen LogP contribution >= 0.6 is 24.0 Å². The van der Waals surface area contributed by atoms with E-state index in [1.165, 1.54) is 23.8 Å². The molecular formula is C20H17NO3S2. The molecule has 0 saturated carbocycles. The van der Waals surface area contributed by atoms with E-state index in [1.54, 1.807) is 18.2 Å². The quantitative estimate of drug-likeness (QED) is 0.467. The molecule has 1 N–H and O–H groups in total. The summed E-state index contributed by atoms with van der Waals surface area (Å²) in [5.74, 6) is 0.277. The first kappa shape index (κ1) is 18.2. The second kappa shape index (κ2) is 7.76. The highest BCUT2D eigenvalue weighted by molar-refractivity contribution is 8.27. The van der Waals surface area contributed by atoms with E-state index in [9.17, 15) is 9.90 Å². The minimum absolute atomic E-state index is 0.0846. The molecule has 6 heteroatoms. The highest BCUT2D eigenvalue weighted by Gasteiger charge is 2.33. The molecular weight excluding hydrogens is 366 g/mol. The predicted octanol–water partition coefficient (Wildman–Crippen LogP) is 4.54. The van der Waals surface area contributed by atoms with Crippen LogP contribution in [0.3, 0.4) is 0 Å². The number of hydrogen-bond donors (Lipinski definition) is 1. The number of carbonyl (C=O) groups excluding carboxylic acids is 1. The standard InChI is InChI=1S/C20H17NO3S2/c1-3-7-14-10-13(11-16(24-2)18(14)22)12-17-19(23)21(20(25)26-17)15-8-5-4-6-9-15/h3-6,8-12,22H,1,7H2,2H3/b17-12-. The van der Waals surface area contributed by atoms with Gasteiger partial charge in [0.25, 0.3) is 5.91 Å². The fraction of sp³-hybridized carbons (Fsp3) is 0.100. The smallest absolute Gasteiger partial charge is 0.270 e. The molecule has 2 aromatic carbocycles. The molecule has 26 heavy (non-hydrogen) atoms. The van der Waals surface area contributed by atoms with Gasteiger partial charge in [0.2, 0.25) is 0 Å². The summed E-state index contributed by atoms with van der Waals surface area (Å²) in [4.78, 5) is 14.9. The fourth-order valence-corrected chi connectivity index (χ4v) is 3.96. The number of allylic oxidation sites excluding steroid dienone is 1. The number of amides is 1. The number of ether oxygens (including phenoxy) is 1. The van der Waals surface area contributed by atoms with Crippen molar-refractivity contribution in [1.82, 2.24) is 0 Å². The molecule has 1 aliphatic rings. The van der Waals surface area contributed by atoms with E-state index in [2.05, 4.69) is 6.58 Å². The summed E-state index contributed by atoms with van der Waals surface area (Å²) in [5.41, 5.74) is 2.18. The summed E-state index contributed by atoms with van der Waals surface area (Å²) in [6.45, 7) is 3.70. The normalized spacial score (nSPS) is 15.6. The number of benzene rings is 2. The van der Waals surface area contributed by atoms with Crippen molar-refractivity contribution in [3.8, 4) is 11.5 Å². The maximum atomic E-state index is 12.8. The van der Waals surface area contributed by atoms with Crippen LogP contribution in [0.2, 0.25) is 0 Å². The summed E-state index contributed by atoms with van der Waals surface area (Å²) in [5, 5.41) is 10.2. The molecule has 3 rings (SSSR count). The van der Waals surface area contributed by atoms with E-state index in [0.717, 1.165) is 11.3 Å². The number of thioether (sulfide) groups is 1. The Labute approximate surface area is 161 Å². The Kier molecular flexibility index (Phi) is 5.44. The van der Waals surface area contributed by atoms with Crippen molar-refractivity contribution >= 4 is 46.0 Å². The second-order valence-corrected chi connectivity index (χ2v) is 7.25. The molecule has 1 fully saturated rings. The number of para-hydroxylation sites is 1. The van der Waals surface area contributed by atoms with Gasteiger partial charge in [0, 0.05) is 5.56 Å². The lowest BCUT2D eigenvalue weighted by Gasteiger charge is -2.13. The number of hydrogen-bond acceptors (Lipinski definition) is 5. The largest absolute Gasteiger partial charge is 0.504 e. The van der Waals surface area contributed by atoms with Gasteiger partial charge in [-0.1, -0.05) is 48.3 Å². The van der Waals surface area contributed by atoms with Crippen LogP contribution in [0.15, 0.2) is 60.0 Å². The van der Waals surface area contributed by atoms with Gasteiger partial charge >= 0.3 is 0 Å². The third-order valence-electron chi connectivity index (χ3n) is 3.87. The third-order valence-corrected chi connectivity index (χ3v) is 5.17. The SMILES string of the molecule is C=CCc1cc(/C=C2\SC(=S)N(c3ccccc3)C2=O)cc(OC)c1O. The summed E-state index contributed by atoms with van der Waals surface area (Å²) in [7, 11) is 1.49. The lowest BCUT2D eigenvalue weighted by Crippen LogP contribution is -2.27. The van der Waals surface area contributed by atoms with Crippen LogP contribution in [0.4, 0.5) is 5.69 Å². The molecule has 0 bridgehead atoms. The molecule has 1 amide bonds. The molecule has 0 radical (unpaired) electrons. The van der Waals surface area contributed by atoms with Crippen LogP contribution < -0.4 is 9.64 Å². The Balaban J connectivity index is 1.98. The number of thiocarbonyl (C=S) groups is 1. The van der Waals surface area contributed by atoms with Crippen LogP contribution in [0.5, 0.6) is 11.5 Å². The first-order valence-electron chi connectivity index (χ1n) is 7.89. The predicted molar refractivity (Wildman–Crippen MR) is 111 cm³/mol. The molecule has 1 heterocycles. The first-order valence-corrected chi connectivity index (χ1v) is 9.11. The highest BCUT2D eigenvalue weighted by atomic mass is 32.2. The molecule has 0 aliphatic carbocycles. The van der Waals surface area contributed by atoms with Gasteiger partial charge in [0.1, 0.15) is 0 Å². The number of carbonyl (C=O) groups is 1. The first-order chi connectivity index (χ1) is 12.5. The van der Waals surface area contributed by atoms with Crippen molar-refractivity contribution in [3.63, 3.8) is 0 Å². The zero-order valence-corrected chi connectivity index (χ0v) is 15.8. The molecule has 0 unspecified atom stereocenters. The number of phenolic OH excluding ortho intramolecular Hbond substituents is 1. The summed E-state index contributed by atoms with van der Waals surface area (Å²) >= 11 is 6.63. The maximum Gasteiger partial charge on any atom is 0.270 e. The van der Waals surface area contributed by atoms with Gasteiger partial charge in [0.05, 0.1) is 17.7 Å². The molecule has 0 spiro atoms. The van der Waals surface area contributed by atoms with Crippen molar-refractivity contribution in [3.05, 3.63) is 71.2 Å². The number of methoxy groups -OCH3 is 1. The van der Waals surface area contributed by atoms with Gasteiger partial charge < -0.3 is 9.84 Å². The van der Waals surface area contributed by atoms with E-state index in [0.29, 0.717) is 27.0 Å². The fourth-order valence-electron chi connectivity index (χ4n) is 2.66. The average molecular weight is 383 g/mol. The summed E-state index contributed by atoms with van der Waals surface area (Å²) < 4.78 is 5.72. The van der Waals surface area contributed by atoms with Crippen LogP contribution in [0, 0.1) is 0 Å². The van der Waals surface area contributed by atoms with Gasteiger partial charge in [-0.2, -0.15) is 0 Å². The van der Waals surface area contributed by atoms with Gasteiger partial charge in [0.15, 0.2) is 15.8 Å². The maximum absolute atomic E-state index is 12.8. The number of anilines is 1. The zero-order chi connectivity index (χ0) is 18.7. The zero-order valence-electron chi connectivity index (χ0n) is 14.1. The molecule has 4 nitrogen and oxygen atoms in total. The number of aromatic hydroxyl groups is 1. The van der Waals surface area contributed by atoms with Crippen LogP contribution in [0.1, 0.15) is 11.1 Å².